The first-order valence-electron chi connectivity index (χ1n) is 10.9. The van der Waals surface area contributed by atoms with Gasteiger partial charge in [0.25, 0.3) is 0 Å². The highest BCUT2D eigenvalue weighted by Gasteiger charge is 2.39. The summed E-state index contributed by atoms with van der Waals surface area (Å²) in [5, 5.41) is 9.43. The van der Waals surface area contributed by atoms with Crippen molar-refractivity contribution in [1.29, 1.82) is 5.26 Å². The van der Waals surface area contributed by atoms with Gasteiger partial charge in [-0.15, -0.1) is 6.58 Å². The van der Waals surface area contributed by atoms with Crippen LogP contribution in [0, 0.1) is 24.2 Å². The fourth-order valence-electron chi connectivity index (χ4n) is 2.98. The number of hydrogen-bond acceptors (Lipinski definition) is 5. The summed E-state index contributed by atoms with van der Waals surface area (Å²) in [6.45, 7) is 16.8. The van der Waals surface area contributed by atoms with Gasteiger partial charge in [-0.25, -0.2) is 0 Å². The number of Topliss-reactive ketones (excluding diaryl/α,β-unsaturated/α-hetero) is 1. The molecule has 0 saturated carbocycles. The van der Waals surface area contributed by atoms with Crippen molar-refractivity contribution in [3.8, 4) is 11.8 Å². The molecule has 0 aromatic heterocycles. The Labute approximate surface area is 189 Å². The lowest BCUT2D eigenvalue weighted by molar-refractivity contribution is -0.126. The van der Waals surface area contributed by atoms with Gasteiger partial charge in [-0.3, -0.25) is 4.79 Å². The summed E-state index contributed by atoms with van der Waals surface area (Å²) in [4.78, 5) is 12.8. The number of nitriles is 1. The molecule has 31 heavy (non-hydrogen) atoms. The van der Waals surface area contributed by atoms with Crippen LogP contribution in [0.3, 0.4) is 0 Å². The van der Waals surface area contributed by atoms with Gasteiger partial charge >= 0.3 is 0 Å². The SMILES string of the molecule is C=CCC[C@@H](C#N)CC(=O)C[C@H](OCOC)c1cc(O[Si](C)(C)C(C)(C)C)ccc1C. The first-order chi connectivity index (χ1) is 14.4. The van der Waals surface area contributed by atoms with E-state index >= 15 is 0 Å². The van der Waals surface area contributed by atoms with Crippen LogP contribution >= 0.6 is 0 Å². The van der Waals surface area contributed by atoms with Crippen molar-refractivity contribution in [3.63, 3.8) is 0 Å². The molecule has 2 atom stereocenters. The van der Waals surface area contributed by atoms with Gasteiger partial charge in [0.15, 0.2) is 0 Å². The molecule has 0 aliphatic carbocycles. The zero-order valence-corrected chi connectivity index (χ0v) is 21.3. The minimum absolute atomic E-state index is 0.00633. The first-order valence-corrected chi connectivity index (χ1v) is 13.8. The van der Waals surface area contributed by atoms with Gasteiger partial charge < -0.3 is 13.9 Å². The molecule has 0 fully saturated rings. The van der Waals surface area contributed by atoms with E-state index in [2.05, 4.69) is 46.5 Å². The van der Waals surface area contributed by atoms with Crippen LogP contribution in [0.2, 0.25) is 18.1 Å². The molecule has 5 nitrogen and oxygen atoms in total. The van der Waals surface area contributed by atoms with E-state index < -0.39 is 14.4 Å². The number of methoxy groups -OCH3 is 1. The summed E-state index contributed by atoms with van der Waals surface area (Å²) in [5.41, 5.74) is 1.95. The van der Waals surface area contributed by atoms with Crippen molar-refractivity contribution in [3.05, 3.63) is 42.0 Å². The summed E-state index contributed by atoms with van der Waals surface area (Å²) in [7, 11) is -0.435. The number of allylic oxidation sites excluding steroid dienone is 1. The van der Waals surface area contributed by atoms with Gasteiger partial charge in [-0.2, -0.15) is 5.26 Å². The maximum Gasteiger partial charge on any atom is 0.250 e. The normalized spacial score (nSPS) is 13.9. The highest BCUT2D eigenvalue weighted by molar-refractivity contribution is 6.74. The molecule has 0 aliphatic rings. The van der Waals surface area contributed by atoms with Gasteiger partial charge in [0.2, 0.25) is 8.32 Å². The van der Waals surface area contributed by atoms with E-state index in [0.29, 0.717) is 6.42 Å². The fraction of sp³-hybridized carbons (Fsp3) is 0.600. The third-order valence-corrected chi connectivity index (χ3v) is 10.3. The average Bonchev–Trinajstić information content (AvgIpc) is 2.68. The van der Waals surface area contributed by atoms with Crippen molar-refractivity contribution >= 4 is 14.1 Å². The Kier molecular flexibility index (Phi) is 10.6. The van der Waals surface area contributed by atoms with E-state index in [4.69, 9.17) is 13.9 Å². The molecule has 1 rings (SSSR count). The van der Waals surface area contributed by atoms with Gasteiger partial charge in [-0.05, 0) is 61.2 Å². The highest BCUT2D eigenvalue weighted by Crippen LogP contribution is 2.38. The number of ether oxygens (including phenoxy) is 2. The molecule has 0 unspecified atom stereocenters. The average molecular weight is 446 g/mol. The van der Waals surface area contributed by atoms with Crippen LogP contribution in [0.5, 0.6) is 5.75 Å². The Balaban J connectivity index is 3.08. The van der Waals surface area contributed by atoms with Crippen LogP contribution in [-0.2, 0) is 14.3 Å². The second-order valence-electron chi connectivity index (χ2n) is 9.58. The molecule has 1 aromatic rings. The molecule has 0 saturated heterocycles. The third kappa shape index (κ3) is 8.60. The molecule has 0 aliphatic heterocycles. The fourth-order valence-corrected chi connectivity index (χ4v) is 4.00. The molecular formula is C25H39NO4Si. The van der Waals surface area contributed by atoms with Crippen LogP contribution in [-0.4, -0.2) is 28.0 Å². The number of nitrogens with zero attached hydrogens (tertiary/aromatic N) is 1. The zero-order chi connectivity index (χ0) is 23.7. The second-order valence-corrected chi connectivity index (χ2v) is 14.3. The Bertz CT molecular complexity index is 777. The van der Waals surface area contributed by atoms with Crippen molar-refractivity contribution < 1.29 is 18.7 Å². The lowest BCUT2D eigenvalue weighted by Gasteiger charge is -2.36. The van der Waals surface area contributed by atoms with Crippen LogP contribution in [0.1, 0.15) is 63.7 Å². The molecule has 172 valence electrons. The minimum atomic E-state index is -1.99. The number of carbonyl (C=O) groups is 1. The zero-order valence-electron chi connectivity index (χ0n) is 20.3. The molecule has 6 heteroatoms. The largest absolute Gasteiger partial charge is 0.543 e. The highest BCUT2D eigenvalue weighted by atomic mass is 28.4. The number of carbonyl (C=O) groups excluding carboxylic acids is 1. The number of ketones is 1. The Morgan fingerprint density at radius 1 is 1.29 bits per heavy atom. The van der Waals surface area contributed by atoms with Crippen LogP contribution in [0.4, 0.5) is 0 Å². The van der Waals surface area contributed by atoms with Gasteiger partial charge in [0, 0.05) is 20.0 Å². The van der Waals surface area contributed by atoms with Crippen molar-refractivity contribution in [2.24, 2.45) is 5.92 Å². The number of hydrogen-bond donors (Lipinski definition) is 0. The Morgan fingerprint density at radius 3 is 2.52 bits per heavy atom. The van der Waals surface area contributed by atoms with Gasteiger partial charge in [-0.1, -0.05) is 32.9 Å². The lowest BCUT2D eigenvalue weighted by Crippen LogP contribution is -2.43. The third-order valence-electron chi connectivity index (χ3n) is 5.95. The topological polar surface area (TPSA) is 68.6 Å². The molecule has 0 bridgehead atoms. The second kappa shape index (κ2) is 12.2. The van der Waals surface area contributed by atoms with Gasteiger partial charge in [0.05, 0.1) is 18.1 Å². The molecular weight excluding hydrogens is 406 g/mol. The molecule has 0 amide bonds. The predicted molar refractivity (Wildman–Crippen MR) is 127 cm³/mol. The maximum atomic E-state index is 12.8. The smallest absolute Gasteiger partial charge is 0.250 e. The van der Waals surface area contributed by atoms with E-state index in [0.717, 1.165) is 23.3 Å². The standard InChI is InChI=1S/C25H39NO4Si/c1-9-10-11-20(17-26)14-21(27)15-24(29-18-28-6)23-16-22(13-12-19(23)2)30-31(7,8)25(3,4)5/h9,12-13,16,20,24H,1,10-11,14-15,18H2,2-8H3/t20-,24+/m1/s1. The summed E-state index contributed by atoms with van der Waals surface area (Å²) >= 11 is 0. The first kappa shape index (κ1) is 27.1. The van der Waals surface area contributed by atoms with Crippen LogP contribution < -0.4 is 4.43 Å². The monoisotopic (exact) mass is 445 g/mol. The quantitative estimate of drug-likeness (QED) is 0.197. The molecule has 0 spiro atoms. The van der Waals surface area contributed by atoms with E-state index in [1.165, 1.54) is 0 Å². The predicted octanol–water partition coefficient (Wildman–Crippen LogP) is 6.50. The van der Waals surface area contributed by atoms with E-state index in [1.54, 1.807) is 13.2 Å². The molecule has 1 aromatic carbocycles. The summed E-state index contributed by atoms with van der Waals surface area (Å²) in [6.07, 6.45) is 3.10. The lowest BCUT2D eigenvalue weighted by atomic mass is 9.93. The number of aryl methyl sites for hydroxylation is 1. The Morgan fingerprint density at radius 2 is 1.97 bits per heavy atom. The minimum Gasteiger partial charge on any atom is -0.543 e. The number of benzene rings is 1. The van der Waals surface area contributed by atoms with Crippen molar-refractivity contribution in [2.45, 2.75) is 77.6 Å². The summed E-state index contributed by atoms with van der Waals surface area (Å²) in [6, 6.07) is 8.21. The van der Waals surface area contributed by atoms with Crippen LogP contribution in [0.15, 0.2) is 30.9 Å². The molecule has 0 radical (unpaired) electrons. The summed E-state index contributed by atoms with van der Waals surface area (Å²) in [5.74, 6) is 0.501. The van der Waals surface area contributed by atoms with Crippen molar-refractivity contribution in [2.75, 3.05) is 13.9 Å². The van der Waals surface area contributed by atoms with Crippen molar-refractivity contribution in [1.82, 2.24) is 0 Å². The molecule has 0 heterocycles. The van der Waals surface area contributed by atoms with E-state index in [9.17, 15) is 10.1 Å². The van der Waals surface area contributed by atoms with Gasteiger partial charge in [0.1, 0.15) is 18.3 Å². The molecule has 0 N–H and O–H groups in total. The van der Waals surface area contributed by atoms with E-state index in [-0.39, 0.29) is 36.4 Å². The summed E-state index contributed by atoms with van der Waals surface area (Å²) < 4.78 is 17.5. The number of rotatable bonds is 13. The Hall–Kier alpha value is -1.94. The van der Waals surface area contributed by atoms with E-state index in [1.807, 2.05) is 25.1 Å². The van der Waals surface area contributed by atoms with Crippen LogP contribution in [0.25, 0.3) is 0 Å². The maximum absolute atomic E-state index is 12.8.